The van der Waals surface area contributed by atoms with Crippen LogP contribution in [0.5, 0.6) is 0 Å². The van der Waals surface area contributed by atoms with E-state index in [1.165, 1.54) is 4.57 Å². The van der Waals surface area contributed by atoms with Crippen molar-refractivity contribution in [3.63, 3.8) is 0 Å². The number of aryl methyl sites for hydroxylation is 1. The standard InChI is InChI=1S/C32H39ClF2N8O/c1-19(37)3-2-4-20-11-26(30(35)27(33)12-20)28-13-22-18-43(32(44)42-31(22)41-28)25-7-5-21(6-8-25)29-17-39-16-24(40-29)9-10-38-15-23(34)14-36/h5-8,11-14,18-19,23-24,29,36,38-40H,2-4,9-10,15-17,37H2,1H3,(H,41,42,44)/t19-,23?,24-,29-/m0/s1. The molecule has 1 aliphatic rings. The van der Waals surface area contributed by atoms with Gasteiger partial charge in [0, 0.05) is 61.1 Å². The monoisotopic (exact) mass is 624 g/mol. The number of rotatable bonds is 13. The number of halogens is 3. The van der Waals surface area contributed by atoms with E-state index in [2.05, 4.69) is 25.9 Å². The van der Waals surface area contributed by atoms with Gasteiger partial charge in [0.25, 0.3) is 0 Å². The molecule has 0 spiro atoms. The lowest BCUT2D eigenvalue weighted by Crippen LogP contribution is -2.51. The molecule has 9 nitrogen and oxygen atoms in total. The molecular weight excluding hydrogens is 586 g/mol. The number of nitrogens with zero attached hydrogens (tertiary/aromatic N) is 2. The predicted octanol–water partition coefficient (Wildman–Crippen LogP) is 4.41. The Kier molecular flexibility index (Phi) is 10.5. The number of nitrogens with two attached hydrogens (primary N) is 1. The minimum atomic E-state index is -1.26. The number of hydrogen-bond donors (Lipinski definition) is 6. The van der Waals surface area contributed by atoms with Crippen molar-refractivity contribution >= 4 is 28.8 Å². The molecule has 12 heteroatoms. The van der Waals surface area contributed by atoms with Gasteiger partial charge in [-0.1, -0.05) is 23.7 Å². The highest BCUT2D eigenvalue weighted by Crippen LogP contribution is 2.31. The first-order valence-corrected chi connectivity index (χ1v) is 15.4. The maximum absolute atomic E-state index is 15.1. The first kappa shape index (κ1) is 31.9. The second-order valence-electron chi connectivity index (χ2n) is 11.5. The van der Waals surface area contributed by atoms with Crippen LogP contribution < -0.4 is 27.4 Å². The van der Waals surface area contributed by atoms with Crippen LogP contribution in [0.15, 0.2) is 53.5 Å². The van der Waals surface area contributed by atoms with Crippen LogP contribution in [0, 0.1) is 11.2 Å². The Morgan fingerprint density at radius 1 is 1.25 bits per heavy atom. The maximum atomic E-state index is 15.1. The summed E-state index contributed by atoms with van der Waals surface area (Å²) >= 11 is 6.25. The Hall–Kier alpha value is -3.48. The maximum Gasteiger partial charge on any atom is 0.354 e. The summed E-state index contributed by atoms with van der Waals surface area (Å²) in [4.78, 5) is 20.3. The van der Waals surface area contributed by atoms with Crippen LogP contribution in [-0.2, 0) is 6.42 Å². The van der Waals surface area contributed by atoms with Gasteiger partial charge in [0.05, 0.1) is 16.4 Å². The van der Waals surface area contributed by atoms with Gasteiger partial charge in [0.1, 0.15) is 11.8 Å². The summed E-state index contributed by atoms with van der Waals surface area (Å²) in [5, 5.41) is 17.8. The molecular formula is C32H39ClF2N8O. The molecule has 0 saturated carbocycles. The van der Waals surface area contributed by atoms with E-state index in [-0.39, 0.29) is 29.7 Å². The van der Waals surface area contributed by atoms with E-state index in [1.54, 1.807) is 24.4 Å². The third-order valence-corrected chi connectivity index (χ3v) is 8.23. The van der Waals surface area contributed by atoms with Crippen molar-refractivity contribution in [2.24, 2.45) is 5.73 Å². The van der Waals surface area contributed by atoms with Crippen LogP contribution in [-0.4, -0.2) is 65.2 Å². The molecule has 44 heavy (non-hydrogen) atoms. The lowest BCUT2D eigenvalue weighted by molar-refractivity contribution is 0.322. The summed E-state index contributed by atoms with van der Waals surface area (Å²) in [6, 6.07) is 13.3. The molecule has 0 amide bonds. The second kappa shape index (κ2) is 14.5. The van der Waals surface area contributed by atoms with E-state index in [0.717, 1.165) is 56.1 Å². The molecule has 0 bridgehead atoms. The first-order valence-electron chi connectivity index (χ1n) is 15.0. The zero-order chi connectivity index (χ0) is 31.2. The van der Waals surface area contributed by atoms with Crippen molar-refractivity contribution in [2.75, 3.05) is 26.2 Å². The van der Waals surface area contributed by atoms with E-state index in [1.807, 2.05) is 31.2 Å². The number of fused-ring (bicyclic) bond motifs is 1. The van der Waals surface area contributed by atoms with E-state index in [0.29, 0.717) is 34.5 Å². The fraction of sp³-hybridized carbons (Fsp3) is 0.406. The Balaban J connectivity index is 1.30. The summed E-state index contributed by atoms with van der Waals surface area (Å²) in [6.07, 6.45) is 4.51. The molecule has 4 atom stereocenters. The quantitative estimate of drug-likeness (QED) is 0.0963. The summed E-state index contributed by atoms with van der Waals surface area (Å²) in [7, 11) is 0. The van der Waals surface area contributed by atoms with E-state index in [4.69, 9.17) is 22.7 Å². The van der Waals surface area contributed by atoms with Gasteiger partial charge in [0.2, 0.25) is 0 Å². The fourth-order valence-electron chi connectivity index (χ4n) is 5.58. The third-order valence-electron chi connectivity index (χ3n) is 7.95. The molecule has 2 aromatic carbocycles. The lowest BCUT2D eigenvalue weighted by atomic mass is 10.0. The number of hydrogen-bond acceptors (Lipinski definition) is 7. The average molecular weight is 625 g/mol. The summed E-state index contributed by atoms with van der Waals surface area (Å²) < 4.78 is 29.8. The lowest BCUT2D eigenvalue weighted by Gasteiger charge is -2.32. The van der Waals surface area contributed by atoms with Gasteiger partial charge in [-0.3, -0.25) is 4.57 Å². The van der Waals surface area contributed by atoms with E-state index >= 15 is 4.39 Å². The molecule has 7 N–H and O–H groups in total. The highest BCUT2D eigenvalue weighted by Gasteiger charge is 2.22. The zero-order valence-corrected chi connectivity index (χ0v) is 25.4. The van der Waals surface area contributed by atoms with Gasteiger partial charge < -0.3 is 32.1 Å². The summed E-state index contributed by atoms with van der Waals surface area (Å²) in [5.41, 5.74) is 9.26. The molecule has 0 aliphatic carbocycles. The van der Waals surface area contributed by atoms with Crippen molar-refractivity contribution in [1.29, 1.82) is 5.41 Å². The fourth-order valence-corrected chi connectivity index (χ4v) is 5.83. The molecule has 1 saturated heterocycles. The van der Waals surface area contributed by atoms with Gasteiger partial charge in [-0.25, -0.2) is 13.6 Å². The largest absolute Gasteiger partial charge is 0.354 e. The number of nitrogens with one attached hydrogen (secondary N) is 5. The van der Waals surface area contributed by atoms with E-state index < -0.39 is 17.7 Å². The zero-order valence-electron chi connectivity index (χ0n) is 24.7. The molecule has 3 heterocycles. The topological polar surface area (TPSA) is 137 Å². The number of alkyl halides is 1. The van der Waals surface area contributed by atoms with Crippen LogP contribution in [0.3, 0.4) is 0 Å². The highest BCUT2D eigenvalue weighted by molar-refractivity contribution is 6.31. The molecule has 1 fully saturated rings. The number of aromatic nitrogens is 3. The van der Waals surface area contributed by atoms with Gasteiger partial charge in [0.15, 0.2) is 5.82 Å². The van der Waals surface area contributed by atoms with Crippen molar-refractivity contribution in [2.45, 2.75) is 56.9 Å². The Morgan fingerprint density at radius 3 is 2.80 bits per heavy atom. The van der Waals surface area contributed by atoms with Crippen LogP contribution in [0.1, 0.15) is 43.4 Å². The van der Waals surface area contributed by atoms with E-state index in [9.17, 15) is 9.18 Å². The molecule has 1 unspecified atom stereocenters. The third kappa shape index (κ3) is 7.77. The molecule has 234 valence electrons. The van der Waals surface area contributed by atoms with Crippen LogP contribution in [0.2, 0.25) is 5.02 Å². The molecule has 2 aromatic heterocycles. The van der Waals surface area contributed by atoms with Crippen molar-refractivity contribution in [3.8, 4) is 16.9 Å². The second-order valence-corrected chi connectivity index (χ2v) is 11.9. The SMILES string of the molecule is C[C@H](N)CCCc1cc(Cl)c(F)c(-c2cc3cn(-c4ccc([C@@H]5CNC[C@H](CCNCC(F)C=N)N5)cc4)c(=O)nc3[nH]2)c1. The minimum absolute atomic E-state index is 0.0456. The number of piperazine rings is 1. The number of aromatic amines is 1. The molecule has 1 aliphatic heterocycles. The van der Waals surface area contributed by atoms with Crippen LogP contribution >= 0.6 is 11.6 Å². The molecule has 0 radical (unpaired) electrons. The van der Waals surface area contributed by atoms with Gasteiger partial charge in [-0.05, 0) is 80.6 Å². The predicted molar refractivity (Wildman–Crippen MR) is 172 cm³/mol. The molecule has 4 aromatic rings. The Morgan fingerprint density at radius 2 is 2.05 bits per heavy atom. The van der Waals surface area contributed by atoms with Crippen LogP contribution in [0.4, 0.5) is 8.78 Å². The number of benzene rings is 2. The van der Waals surface area contributed by atoms with Gasteiger partial charge in [-0.15, -0.1) is 0 Å². The number of H-pyrrole nitrogens is 1. The first-order chi connectivity index (χ1) is 21.2. The molecule has 5 rings (SSSR count). The normalized spacial score (nSPS) is 18.4. The van der Waals surface area contributed by atoms with Crippen molar-refractivity contribution < 1.29 is 8.78 Å². The minimum Gasteiger partial charge on any atom is -0.339 e. The smallest absolute Gasteiger partial charge is 0.339 e. The van der Waals surface area contributed by atoms with Crippen LogP contribution in [0.25, 0.3) is 28.0 Å². The Labute approximate surface area is 260 Å². The summed E-state index contributed by atoms with van der Waals surface area (Å²) in [5.74, 6) is -0.527. The summed E-state index contributed by atoms with van der Waals surface area (Å²) in [6.45, 7) is 4.33. The average Bonchev–Trinajstić information content (AvgIpc) is 3.43. The van der Waals surface area contributed by atoms with Gasteiger partial charge in [-0.2, -0.15) is 4.98 Å². The highest BCUT2D eigenvalue weighted by atomic mass is 35.5. The Bertz CT molecular complexity index is 1640. The van der Waals surface area contributed by atoms with Gasteiger partial charge >= 0.3 is 5.69 Å². The van der Waals surface area contributed by atoms with Crippen molar-refractivity contribution in [3.05, 3.63) is 81.1 Å². The van der Waals surface area contributed by atoms with Crippen molar-refractivity contribution in [1.82, 2.24) is 30.5 Å².